The molecule has 0 aliphatic carbocycles. The van der Waals surface area contributed by atoms with E-state index in [0.717, 1.165) is 18.2 Å². The number of hydrogen-bond donors (Lipinski definition) is 1. The fraction of sp³-hybridized carbons (Fsp3) is 0. The summed E-state index contributed by atoms with van der Waals surface area (Å²) < 4.78 is 16.7. The van der Waals surface area contributed by atoms with Crippen molar-refractivity contribution in [2.75, 3.05) is 0 Å². The summed E-state index contributed by atoms with van der Waals surface area (Å²) in [6.45, 7) is 0. The fourth-order valence-corrected chi connectivity index (χ4v) is 0.788. The van der Waals surface area contributed by atoms with Crippen molar-refractivity contribution in [3.8, 4) is 5.75 Å². The van der Waals surface area contributed by atoms with Crippen molar-refractivity contribution in [1.29, 1.82) is 0 Å². The summed E-state index contributed by atoms with van der Waals surface area (Å²) in [6, 6.07) is 3.01. The van der Waals surface area contributed by atoms with Gasteiger partial charge in [-0.25, -0.2) is 9.18 Å². The number of rotatable bonds is 2. The molecule has 13 heavy (non-hydrogen) atoms. The number of halogens is 1. The SMILES string of the molecule is O=Cc1ccc(F)cc1OC(=O)O. The average molecular weight is 184 g/mol. The molecule has 1 N–H and O–H groups in total. The van der Waals surface area contributed by atoms with Crippen molar-refractivity contribution in [3.05, 3.63) is 29.6 Å². The first-order valence-electron chi connectivity index (χ1n) is 3.29. The number of carbonyl (C=O) groups is 2. The number of ether oxygens (including phenoxy) is 1. The Kier molecular flexibility index (Phi) is 2.59. The third-order valence-electron chi connectivity index (χ3n) is 1.30. The van der Waals surface area contributed by atoms with Crippen LogP contribution in [0.2, 0.25) is 0 Å². The first kappa shape index (κ1) is 9.18. The van der Waals surface area contributed by atoms with Gasteiger partial charge in [0.2, 0.25) is 0 Å². The van der Waals surface area contributed by atoms with Gasteiger partial charge < -0.3 is 9.84 Å². The highest BCUT2D eigenvalue weighted by molar-refractivity contribution is 5.80. The molecule has 0 unspecified atom stereocenters. The Morgan fingerprint density at radius 3 is 2.77 bits per heavy atom. The molecule has 0 saturated carbocycles. The lowest BCUT2D eigenvalue weighted by molar-refractivity contribution is 0.111. The summed E-state index contributed by atoms with van der Waals surface area (Å²) in [7, 11) is 0. The molecule has 1 aromatic carbocycles. The van der Waals surface area contributed by atoms with Crippen LogP contribution in [0, 0.1) is 5.82 Å². The number of benzene rings is 1. The molecule has 0 amide bonds. The highest BCUT2D eigenvalue weighted by Gasteiger charge is 2.08. The quantitative estimate of drug-likeness (QED) is 0.431. The second kappa shape index (κ2) is 3.66. The van der Waals surface area contributed by atoms with Gasteiger partial charge in [-0.15, -0.1) is 0 Å². The van der Waals surface area contributed by atoms with Crippen molar-refractivity contribution >= 4 is 12.4 Å². The number of carbonyl (C=O) groups excluding carboxylic acids is 1. The first-order valence-corrected chi connectivity index (χ1v) is 3.29. The topological polar surface area (TPSA) is 63.6 Å². The van der Waals surface area contributed by atoms with Crippen molar-refractivity contribution in [1.82, 2.24) is 0 Å². The minimum Gasteiger partial charge on any atom is -0.449 e. The fourth-order valence-electron chi connectivity index (χ4n) is 0.788. The lowest BCUT2D eigenvalue weighted by Gasteiger charge is -2.01. The number of hydrogen-bond acceptors (Lipinski definition) is 3. The summed E-state index contributed by atoms with van der Waals surface area (Å²) in [5, 5.41) is 8.22. The van der Waals surface area contributed by atoms with E-state index in [1.54, 1.807) is 0 Å². The zero-order chi connectivity index (χ0) is 9.84. The summed E-state index contributed by atoms with van der Waals surface area (Å²) in [5.74, 6) is -0.968. The summed E-state index contributed by atoms with van der Waals surface area (Å²) in [5.41, 5.74) is -0.0104. The Morgan fingerprint density at radius 1 is 1.54 bits per heavy atom. The zero-order valence-corrected chi connectivity index (χ0v) is 6.36. The van der Waals surface area contributed by atoms with E-state index >= 15 is 0 Å². The number of carboxylic acid groups (broad SMARTS) is 1. The lowest BCUT2D eigenvalue weighted by Crippen LogP contribution is -2.05. The summed E-state index contributed by atoms with van der Waals surface area (Å²) in [6.07, 6.45) is -1.20. The molecule has 1 aromatic rings. The van der Waals surface area contributed by atoms with E-state index in [4.69, 9.17) is 5.11 Å². The third-order valence-corrected chi connectivity index (χ3v) is 1.30. The van der Waals surface area contributed by atoms with E-state index in [0.29, 0.717) is 6.29 Å². The Bertz CT molecular complexity index is 348. The maximum absolute atomic E-state index is 12.5. The van der Waals surface area contributed by atoms with Crippen LogP contribution in [0.15, 0.2) is 18.2 Å². The Morgan fingerprint density at radius 2 is 2.23 bits per heavy atom. The molecule has 0 heterocycles. The number of aldehydes is 1. The van der Waals surface area contributed by atoms with Crippen molar-refractivity contribution in [3.63, 3.8) is 0 Å². The molecular formula is C8H5FO4. The maximum atomic E-state index is 12.5. The van der Waals surface area contributed by atoms with E-state index in [1.807, 2.05) is 0 Å². The van der Waals surface area contributed by atoms with E-state index in [9.17, 15) is 14.0 Å². The van der Waals surface area contributed by atoms with Gasteiger partial charge in [0.25, 0.3) is 0 Å². The highest BCUT2D eigenvalue weighted by atomic mass is 19.1. The second-order valence-electron chi connectivity index (χ2n) is 2.17. The Balaban J connectivity index is 3.07. The van der Waals surface area contributed by atoms with Gasteiger partial charge in [0, 0.05) is 6.07 Å². The van der Waals surface area contributed by atoms with Crippen LogP contribution in [0.1, 0.15) is 10.4 Å². The molecule has 0 radical (unpaired) electrons. The van der Waals surface area contributed by atoms with Gasteiger partial charge in [0.15, 0.2) is 6.29 Å². The van der Waals surface area contributed by atoms with Crippen LogP contribution >= 0.6 is 0 Å². The van der Waals surface area contributed by atoms with Gasteiger partial charge in [-0.3, -0.25) is 4.79 Å². The predicted molar refractivity (Wildman–Crippen MR) is 40.4 cm³/mol. The molecule has 5 heteroatoms. The second-order valence-corrected chi connectivity index (χ2v) is 2.17. The molecule has 0 aliphatic rings. The summed E-state index contributed by atoms with van der Waals surface area (Å²) in [4.78, 5) is 20.4. The minimum absolute atomic E-state index is 0.0104. The van der Waals surface area contributed by atoms with Gasteiger partial charge in [0.05, 0.1) is 5.56 Å². The van der Waals surface area contributed by atoms with Crippen LogP contribution in [0.25, 0.3) is 0 Å². The van der Waals surface area contributed by atoms with Crippen LogP contribution in [-0.4, -0.2) is 17.5 Å². The standard InChI is InChI=1S/C8H5FO4/c9-6-2-1-5(4-10)7(3-6)13-8(11)12/h1-4H,(H,11,12). The predicted octanol–water partition coefficient (Wildman–Crippen LogP) is 1.70. The maximum Gasteiger partial charge on any atom is 0.511 e. The van der Waals surface area contributed by atoms with E-state index in [1.165, 1.54) is 0 Å². The smallest absolute Gasteiger partial charge is 0.449 e. The Labute approximate surface area is 72.6 Å². The van der Waals surface area contributed by atoms with Gasteiger partial charge >= 0.3 is 6.16 Å². The molecule has 0 spiro atoms. The van der Waals surface area contributed by atoms with Gasteiger partial charge in [0.1, 0.15) is 11.6 Å². The van der Waals surface area contributed by atoms with Crippen LogP contribution in [0.5, 0.6) is 5.75 Å². The summed E-state index contributed by atoms with van der Waals surface area (Å²) >= 11 is 0. The van der Waals surface area contributed by atoms with E-state index < -0.39 is 12.0 Å². The van der Waals surface area contributed by atoms with Crippen LogP contribution in [0.3, 0.4) is 0 Å². The minimum atomic E-state index is -1.59. The third kappa shape index (κ3) is 2.26. The van der Waals surface area contributed by atoms with Crippen molar-refractivity contribution in [2.24, 2.45) is 0 Å². The molecule has 0 aliphatic heterocycles. The lowest BCUT2D eigenvalue weighted by atomic mass is 10.2. The van der Waals surface area contributed by atoms with Crippen LogP contribution < -0.4 is 4.74 Å². The average Bonchev–Trinajstić information content (AvgIpc) is 2.03. The van der Waals surface area contributed by atoms with Gasteiger partial charge in [-0.1, -0.05) is 0 Å². The monoisotopic (exact) mass is 184 g/mol. The molecule has 68 valence electrons. The van der Waals surface area contributed by atoms with Crippen LogP contribution in [0.4, 0.5) is 9.18 Å². The molecule has 0 bridgehead atoms. The van der Waals surface area contributed by atoms with Gasteiger partial charge in [-0.2, -0.15) is 0 Å². The van der Waals surface area contributed by atoms with E-state index in [2.05, 4.69) is 4.74 Å². The molecular weight excluding hydrogens is 179 g/mol. The van der Waals surface area contributed by atoms with Gasteiger partial charge in [-0.05, 0) is 12.1 Å². The highest BCUT2D eigenvalue weighted by Crippen LogP contribution is 2.17. The van der Waals surface area contributed by atoms with Crippen molar-refractivity contribution < 1.29 is 23.8 Å². The molecule has 1 rings (SSSR count). The van der Waals surface area contributed by atoms with Crippen LogP contribution in [-0.2, 0) is 0 Å². The largest absolute Gasteiger partial charge is 0.511 e. The van der Waals surface area contributed by atoms with E-state index in [-0.39, 0.29) is 11.3 Å². The normalized spacial score (nSPS) is 9.31. The zero-order valence-electron chi connectivity index (χ0n) is 6.36. The molecule has 0 atom stereocenters. The Hall–Kier alpha value is -1.91. The van der Waals surface area contributed by atoms with Crippen molar-refractivity contribution in [2.45, 2.75) is 0 Å². The molecule has 0 saturated heterocycles. The molecule has 4 nitrogen and oxygen atoms in total. The molecule has 0 aromatic heterocycles. The molecule has 0 fully saturated rings. The first-order chi connectivity index (χ1) is 6.13.